The third kappa shape index (κ3) is 3.87. The number of hydrogen-bond donors (Lipinski definition) is 0. The van der Waals surface area contributed by atoms with Crippen LogP contribution in [0.25, 0.3) is 0 Å². The summed E-state index contributed by atoms with van der Waals surface area (Å²) in [5.74, 6) is -0.420. The van der Waals surface area contributed by atoms with Crippen molar-refractivity contribution < 1.29 is 27.5 Å². The van der Waals surface area contributed by atoms with Crippen LogP contribution < -0.4 is 4.74 Å². The molecule has 2 aromatic carbocycles. The molecule has 1 aliphatic rings. The number of carbonyl (C=O) groups excluding carboxylic acids is 2. The Labute approximate surface area is 163 Å². The van der Waals surface area contributed by atoms with E-state index in [1.165, 1.54) is 12.1 Å². The molecule has 0 spiro atoms. The largest absolute Gasteiger partial charge is 0.482 e. The van der Waals surface area contributed by atoms with E-state index in [9.17, 15) is 18.0 Å². The van der Waals surface area contributed by atoms with Crippen LogP contribution in [0.4, 0.5) is 0 Å². The minimum atomic E-state index is -3.90. The Bertz CT molecular complexity index is 999. The molecule has 0 saturated carbocycles. The highest BCUT2D eigenvalue weighted by Gasteiger charge is 2.40. The number of amides is 1. The molecule has 7 nitrogen and oxygen atoms in total. The number of hydrogen-bond acceptors (Lipinski definition) is 6. The highest BCUT2D eigenvalue weighted by molar-refractivity contribution is 7.90. The summed E-state index contributed by atoms with van der Waals surface area (Å²) in [7, 11) is -3.90. The van der Waals surface area contributed by atoms with Gasteiger partial charge in [0, 0.05) is 0 Å². The standard InChI is InChI=1S/C20H21NO6S/c1-14(2)15-7-3-5-9-17(15)27-13-19(22)26-12-11-21-20(23)16-8-4-6-10-18(16)28(21,24)25/h3-10,14H,11-13H2,1-2H3. The highest BCUT2D eigenvalue weighted by Crippen LogP contribution is 2.29. The molecule has 0 bridgehead atoms. The van der Waals surface area contributed by atoms with Crippen molar-refractivity contribution in [2.24, 2.45) is 0 Å². The van der Waals surface area contributed by atoms with E-state index in [1.807, 2.05) is 32.0 Å². The van der Waals surface area contributed by atoms with E-state index in [2.05, 4.69) is 0 Å². The third-order valence-electron chi connectivity index (χ3n) is 4.36. The fraction of sp³-hybridized carbons (Fsp3) is 0.300. The van der Waals surface area contributed by atoms with E-state index in [0.29, 0.717) is 5.75 Å². The van der Waals surface area contributed by atoms with Gasteiger partial charge in [-0.25, -0.2) is 17.5 Å². The van der Waals surface area contributed by atoms with Gasteiger partial charge in [-0.2, -0.15) is 0 Å². The zero-order valence-electron chi connectivity index (χ0n) is 15.6. The van der Waals surface area contributed by atoms with Crippen LogP contribution in [-0.4, -0.2) is 44.4 Å². The molecule has 148 valence electrons. The molecule has 0 saturated heterocycles. The Balaban J connectivity index is 1.54. The number of para-hydroxylation sites is 1. The summed E-state index contributed by atoms with van der Waals surface area (Å²) in [4.78, 5) is 24.2. The van der Waals surface area contributed by atoms with Crippen LogP contribution >= 0.6 is 0 Å². The van der Waals surface area contributed by atoms with Gasteiger partial charge in [-0.15, -0.1) is 0 Å². The minimum Gasteiger partial charge on any atom is -0.482 e. The maximum atomic E-state index is 12.4. The van der Waals surface area contributed by atoms with Crippen molar-refractivity contribution in [2.45, 2.75) is 24.7 Å². The molecule has 1 heterocycles. The van der Waals surface area contributed by atoms with Crippen molar-refractivity contribution in [1.29, 1.82) is 0 Å². The Kier molecular flexibility index (Phi) is 5.69. The van der Waals surface area contributed by atoms with Gasteiger partial charge in [0.1, 0.15) is 17.3 Å². The number of nitrogens with zero attached hydrogens (tertiary/aromatic N) is 1. The Morgan fingerprint density at radius 2 is 1.75 bits per heavy atom. The summed E-state index contributed by atoms with van der Waals surface area (Å²) in [6, 6.07) is 13.4. The van der Waals surface area contributed by atoms with Crippen LogP contribution in [0.1, 0.15) is 35.7 Å². The number of sulfonamides is 1. The van der Waals surface area contributed by atoms with Gasteiger partial charge >= 0.3 is 5.97 Å². The van der Waals surface area contributed by atoms with Crippen LogP contribution in [0.3, 0.4) is 0 Å². The van der Waals surface area contributed by atoms with Gasteiger partial charge in [0.25, 0.3) is 15.9 Å². The number of fused-ring (bicyclic) bond motifs is 1. The average Bonchev–Trinajstić information content (AvgIpc) is 2.87. The molecule has 0 fully saturated rings. The summed E-state index contributed by atoms with van der Waals surface area (Å²) in [6.45, 7) is 3.25. The molecule has 0 unspecified atom stereocenters. The minimum absolute atomic E-state index is 0.0278. The molecule has 3 rings (SSSR count). The lowest BCUT2D eigenvalue weighted by atomic mass is 10.0. The van der Waals surface area contributed by atoms with Crippen LogP contribution in [0, 0.1) is 0 Å². The first-order valence-corrected chi connectivity index (χ1v) is 10.3. The summed E-state index contributed by atoms with van der Waals surface area (Å²) in [6.07, 6.45) is 0. The first kappa shape index (κ1) is 19.9. The summed E-state index contributed by atoms with van der Waals surface area (Å²) in [5.41, 5.74) is 1.10. The maximum absolute atomic E-state index is 12.4. The van der Waals surface area contributed by atoms with Gasteiger partial charge in [0.05, 0.1) is 12.1 Å². The molecule has 0 aliphatic carbocycles. The smallest absolute Gasteiger partial charge is 0.344 e. The molecule has 2 aromatic rings. The van der Waals surface area contributed by atoms with Crippen LogP contribution in [0.5, 0.6) is 5.75 Å². The van der Waals surface area contributed by atoms with E-state index < -0.39 is 21.9 Å². The highest BCUT2D eigenvalue weighted by atomic mass is 32.2. The second-order valence-corrected chi connectivity index (χ2v) is 8.41. The predicted molar refractivity (Wildman–Crippen MR) is 102 cm³/mol. The average molecular weight is 403 g/mol. The lowest BCUT2D eigenvalue weighted by molar-refractivity contribution is -0.146. The molecule has 28 heavy (non-hydrogen) atoms. The first-order chi connectivity index (χ1) is 13.3. The summed E-state index contributed by atoms with van der Waals surface area (Å²) >= 11 is 0. The van der Waals surface area contributed by atoms with E-state index in [0.717, 1.165) is 9.87 Å². The molecule has 1 amide bonds. The van der Waals surface area contributed by atoms with Crippen molar-refractivity contribution in [2.75, 3.05) is 19.8 Å². The Morgan fingerprint density at radius 1 is 1.07 bits per heavy atom. The normalized spacial score (nSPS) is 14.8. The van der Waals surface area contributed by atoms with Crippen LogP contribution in [0.2, 0.25) is 0 Å². The molecule has 0 radical (unpaired) electrons. The van der Waals surface area contributed by atoms with Crippen molar-refractivity contribution in [1.82, 2.24) is 4.31 Å². The Hall–Kier alpha value is -2.87. The molecule has 0 atom stereocenters. The summed E-state index contributed by atoms with van der Waals surface area (Å²) < 4.78 is 36.1. The predicted octanol–water partition coefficient (Wildman–Crippen LogP) is 2.58. The fourth-order valence-electron chi connectivity index (χ4n) is 2.96. The molecular weight excluding hydrogens is 382 g/mol. The lowest BCUT2D eigenvalue weighted by Gasteiger charge is -2.16. The van der Waals surface area contributed by atoms with E-state index in [1.54, 1.807) is 18.2 Å². The number of carbonyl (C=O) groups is 2. The maximum Gasteiger partial charge on any atom is 0.344 e. The van der Waals surface area contributed by atoms with Gasteiger partial charge in [-0.05, 0) is 29.7 Å². The lowest BCUT2D eigenvalue weighted by Crippen LogP contribution is -2.34. The SMILES string of the molecule is CC(C)c1ccccc1OCC(=O)OCCN1C(=O)c2ccccc2S1(=O)=O. The molecular formula is C20H21NO6S. The summed E-state index contributed by atoms with van der Waals surface area (Å²) in [5, 5.41) is 0. The van der Waals surface area contributed by atoms with Crippen LogP contribution in [-0.2, 0) is 19.6 Å². The molecule has 8 heteroatoms. The van der Waals surface area contributed by atoms with Crippen molar-refractivity contribution in [3.05, 3.63) is 59.7 Å². The first-order valence-electron chi connectivity index (χ1n) is 8.86. The quantitative estimate of drug-likeness (QED) is 0.660. The van der Waals surface area contributed by atoms with Gasteiger partial charge < -0.3 is 9.47 Å². The van der Waals surface area contributed by atoms with E-state index >= 15 is 0 Å². The molecule has 0 aromatic heterocycles. The van der Waals surface area contributed by atoms with Crippen molar-refractivity contribution >= 4 is 21.9 Å². The number of esters is 1. The Morgan fingerprint density at radius 3 is 2.46 bits per heavy atom. The molecule has 1 aliphatic heterocycles. The number of ether oxygens (including phenoxy) is 2. The number of benzene rings is 2. The van der Waals surface area contributed by atoms with Gasteiger partial charge in [-0.3, -0.25) is 4.79 Å². The van der Waals surface area contributed by atoms with E-state index in [-0.39, 0.29) is 36.1 Å². The second-order valence-electron chi connectivity index (χ2n) is 6.58. The molecule has 0 N–H and O–H groups in total. The zero-order chi connectivity index (χ0) is 20.3. The van der Waals surface area contributed by atoms with Gasteiger partial charge in [0.15, 0.2) is 6.61 Å². The topological polar surface area (TPSA) is 90.0 Å². The fourth-order valence-corrected chi connectivity index (χ4v) is 4.51. The van der Waals surface area contributed by atoms with Gasteiger partial charge in [0.2, 0.25) is 0 Å². The van der Waals surface area contributed by atoms with Crippen molar-refractivity contribution in [3.8, 4) is 5.75 Å². The van der Waals surface area contributed by atoms with E-state index in [4.69, 9.17) is 9.47 Å². The monoisotopic (exact) mass is 403 g/mol. The van der Waals surface area contributed by atoms with Crippen molar-refractivity contribution in [3.63, 3.8) is 0 Å². The van der Waals surface area contributed by atoms with Gasteiger partial charge in [-0.1, -0.05) is 44.2 Å². The van der Waals surface area contributed by atoms with Crippen LogP contribution in [0.15, 0.2) is 53.4 Å². The second kappa shape index (κ2) is 8.02. The third-order valence-corrected chi connectivity index (χ3v) is 6.20. The number of rotatable bonds is 7. The zero-order valence-corrected chi connectivity index (χ0v) is 16.4.